The molecule has 1 rings (SSSR count). The van der Waals surface area contributed by atoms with Crippen molar-refractivity contribution in [1.29, 1.82) is 0 Å². The van der Waals surface area contributed by atoms with Crippen LogP contribution in [0.25, 0.3) is 0 Å². The molecule has 0 N–H and O–H groups in total. The summed E-state index contributed by atoms with van der Waals surface area (Å²) in [5, 5.41) is 0. The van der Waals surface area contributed by atoms with Crippen molar-refractivity contribution in [3.05, 3.63) is 23.3 Å². The van der Waals surface area contributed by atoms with Crippen LogP contribution in [-0.4, -0.2) is 0 Å². The minimum absolute atomic E-state index is 0. The van der Waals surface area contributed by atoms with Gasteiger partial charge in [-0.3, -0.25) is 6.08 Å². The molecule has 0 aliphatic heterocycles. The van der Waals surface area contributed by atoms with E-state index in [-0.39, 0.29) is 58.9 Å². The Balaban J connectivity index is -0.0000000800. The molecule has 0 amide bonds. The predicted molar refractivity (Wildman–Crippen MR) is 35.4 cm³/mol. The van der Waals surface area contributed by atoms with Crippen LogP contribution in [0.4, 0.5) is 0 Å². The molecule has 0 aromatic rings. The van der Waals surface area contributed by atoms with Gasteiger partial charge >= 0.3 is 21.7 Å². The van der Waals surface area contributed by atoms with E-state index in [1.165, 1.54) is 11.1 Å². The van der Waals surface area contributed by atoms with E-state index in [0.717, 1.165) is 12.8 Å². The van der Waals surface area contributed by atoms with Crippen molar-refractivity contribution in [3.63, 3.8) is 0 Å². The predicted octanol–water partition coefficient (Wildman–Crippen LogP) is -6.51. The Morgan fingerprint density at radius 1 is 1.33 bits per heavy atom. The van der Waals surface area contributed by atoms with Crippen LogP contribution in [0.5, 0.6) is 0 Å². The van der Waals surface area contributed by atoms with Gasteiger partial charge < -0.3 is 37.2 Å². The number of hydrogen-bond donors (Lipinski definition) is 0. The first kappa shape index (κ1) is 23.1. The summed E-state index contributed by atoms with van der Waals surface area (Å²) < 4.78 is 0. The van der Waals surface area contributed by atoms with Crippen molar-refractivity contribution >= 4 is 0 Å². The van der Waals surface area contributed by atoms with E-state index in [1.807, 2.05) is 0 Å². The van der Waals surface area contributed by atoms with Gasteiger partial charge in [0.05, 0.1) is 0 Å². The summed E-state index contributed by atoms with van der Waals surface area (Å²) in [7, 11) is 0. The van der Waals surface area contributed by atoms with Gasteiger partial charge in [-0.25, -0.2) is 11.1 Å². The van der Waals surface area contributed by atoms with Gasteiger partial charge in [-0.2, -0.15) is 6.08 Å². The third-order valence-electron chi connectivity index (χ3n) is 1.55. The summed E-state index contributed by atoms with van der Waals surface area (Å²) in [5.41, 5.74) is 2.83. The summed E-state index contributed by atoms with van der Waals surface area (Å²) in [5.74, 6) is 0. The molecule has 0 aromatic carbocycles. The molecule has 0 aromatic heterocycles. The van der Waals surface area contributed by atoms with E-state index in [9.17, 15) is 0 Å². The Kier molecular flexibility index (Phi) is 23.3. The molecule has 12 heavy (non-hydrogen) atoms. The summed E-state index contributed by atoms with van der Waals surface area (Å²) >= 11 is 0. The molecule has 0 bridgehead atoms. The van der Waals surface area contributed by atoms with Gasteiger partial charge in [0.1, 0.15) is 0 Å². The zero-order valence-corrected chi connectivity index (χ0v) is 11.0. The molecule has 1 aliphatic carbocycles. The SMILES string of the molecule is CCC1=[C-]CC=C1C.[Cl-].[Cl-].[Cl-].[Ti+4]. The fourth-order valence-corrected chi connectivity index (χ4v) is 0.994. The Bertz CT molecular complexity index is 152. The number of hydrogen-bond acceptors (Lipinski definition) is 0. The maximum absolute atomic E-state index is 3.28. The first-order chi connectivity index (χ1) is 3.84. The van der Waals surface area contributed by atoms with E-state index < -0.39 is 0 Å². The first-order valence-corrected chi connectivity index (χ1v) is 3.11. The normalized spacial score (nSPS) is 12.2. The van der Waals surface area contributed by atoms with Crippen LogP contribution in [0.15, 0.2) is 17.2 Å². The Hall–Kier alpha value is 1.06. The van der Waals surface area contributed by atoms with Gasteiger partial charge in [0.15, 0.2) is 0 Å². The molecule has 0 heterocycles. The minimum Gasteiger partial charge on any atom is -1.00 e. The van der Waals surface area contributed by atoms with Crippen LogP contribution in [0, 0.1) is 6.08 Å². The van der Waals surface area contributed by atoms with Crippen LogP contribution >= 0.6 is 0 Å². The minimum atomic E-state index is 0. The molecular formula is C8H11Cl3Ti. The quantitative estimate of drug-likeness (QED) is 0.325. The topological polar surface area (TPSA) is 0 Å². The summed E-state index contributed by atoms with van der Waals surface area (Å²) in [6.45, 7) is 4.32. The average molecular weight is 261 g/mol. The van der Waals surface area contributed by atoms with Gasteiger partial charge in [0, 0.05) is 0 Å². The van der Waals surface area contributed by atoms with Crippen LogP contribution in [0.2, 0.25) is 0 Å². The van der Waals surface area contributed by atoms with Crippen LogP contribution < -0.4 is 37.2 Å². The molecular weight excluding hydrogens is 250 g/mol. The van der Waals surface area contributed by atoms with Gasteiger partial charge in [0.2, 0.25) is 0 Å². The van der Waals surface area contributed by atoms with E-state index in [1.54, 1.807) is 0 Å². The van der Waals surface area contributed by atoms with Crippen molar-refractivity contribution in [2.24, 2.45) is 0 Å². The van der Waals surface area contributed by atoms with Crippen LogP contribution in [-0.2, 0) is 21.7 Å². The smallest absolute Gasteiger partial charge is 1.00 e. The van der Waals surface area contributed by atoms with Crippen molar-refractivity contribution in [3.8, 4) is 0 Å². The molecule has 4 heteroatoms. The molecule has 0 saturated carbocycles. The molecule has 0 nitrogen and oxygen atoms in total. The summed E-state index contributed by atoms with van der Waals surface area (Å²) in [4.78, 5) is 0. The largest absolute Gasteiger partial charge is 4.00 e. The van der Waals surface area contributed by atoms with Crippen molar-refractivity contribution in [1.82, 2.24) is 0 Å². The summed E-state index contributed by atoms with van der Waals surface area (Å²) in [6.07, 6.45) is 7.68. The number of rotatable bonds is 1. The average Bonchev–Trinajstić information content (AvgIpc) is 2.14. The van der Waals surface area contributed by atoms with Crippen molar-refractivity contribution in [2.75, 3.05) is 0 Å². The van der Waals surface area contributed by atoms with E-state index >= 15 is 0 Å². The Morgan fingerprint density at radius 2 is 1.83 bits per heavy atom. The first-order valence-electron chi connectivity index (χ1n) is 3.11. The third kappa shape index (κ3) is 6.57. The fraction of sp³-hybridized carbons (Fsp3) is 0.500. The van der Waals surface area contributed by atoms with E-state index in [4.69, 9.17) is 0 Å². The summed E-state index contributed by atoms with van der Waals surface area (Å²) in [6, 6.07) is 0. The molecule has 0 fully saturated rings. The molecule has 68 valence electrons. The maximum Gasteiger partial charge on any atom is 4.00 e. The second-order valence-electron chi connectivity index (χ2n) is 2.10. The monoisotopic (exact) mass is 260 g/mol. The molecule has 0 saturated heterocycles. The van der Waals surface area contributed by atoms with Gasteiger partial charge in [0.25, 0.3) is 0 Å². The van der Waals surface area contributed by atoms with Crippen molar-refractivity contribution < 1.29 is 58.9 Å². The Labute approximate surface area is 108 Å². The molecule has 0 radical (unpaired) electrons. The molecule has 0 unspecified atom stereocenters. The van der Waals surface area contributed by atoms with Gasteiger partial charge in [-0.05, 0) is 0 Å². The number of halogens is 3. The standard InChI is InChI=1S/C8H11.3ClH.Ti/c1-3-8-6-4-5-7(8)2;;;;/h5H,3-4H2,1-2H3;3*1H;/q-1;;;;+4/p-3. The second kappa shape index (κ2) is 12.1. The number of allylic oxidation sites excluding steroid dienone is 4. The molecule has 0 atom stereocenters. The van der Waals surface area contributed by atoms with Crippen LogP contribution in [0.3, 0.4) is 0 Å². The third-order valence-corrected chi connectivity index (χ3v) is 1.55. The molecule has 1 aliphatic rings. The van der Waals surface area contributed by atoms with E-state index in [0.29, 0.717) is 0 Å². The van der Waals surface area contributed by atoms with Crippen LogP contribution in [0.1, 0.15) is 26.7 Å². The van der Waals surface area contributed by atoms with Gasteiger partial charge in [-0.1, -0.05) is 13.3 Å². The fourth-order valence-electron chi connectivity index (χ4n) is 0.994. The van der Waals surface area contributed by atoms with E-state index in [2.05, 4.69) is 26.0 Å². The zero-order chi connectivity index (χ0) is 5.98. The van der Waals surface area contributed by atoms with Crippen molar-refractivity contribution in [2.45, 2.75) is 26.7 Å². The zero-order valence-electron chi connectivity index (χ0n) is 7.13. The maximum atomic E-state index is 3.28. The second-order valence-corrected chi connectivity index (χ2v) is 2.10. The Morgan fingerprint density at radius 3 is 2.00 bits per heavy atom. The van der Waals surface area contributed by atoms with Gasteiger partial charge in [-0.15, -0.1) is 13.3 Å². The molecule has 0 spiro atoms.